The molecule has 7 heteroatoms. The van der Waals surface area contributed by atoms with Gasteiger partial charge < -0.3 is 20.5 Å². The highest BCUT2D eigenvalue weighted by molar-refractivity contribution is 9.09. The third-order valence-corrected chi connectivity index (χ3v) is 5.11. The van der Waals surface area contributed by atoms with Crippen molar-refractivity contribution >= 4 is 44.6 Å². The molecule has 6 nitrogen and oxygen atoms in total. The molecule has 4 rings (SSSR count). The molecule has 1 amide bonds. The fourth-order valence-electron chi connectivity index (χ4n) is 3.31. The van der Waals surface area contributed by atoms with Crippen LogP contribution in [-0.2, 0) is 16.0 Å². The van der Waals surface area contributed by atoms with Gasteiger partial charge in [0.15, 0.2) is 0 Å². The van der Waals surface area contributed by atoms with E-state index in [4.69, 9.17) is 9.84 Å². The molecule has 0 saturated carbocycles. The molecule has 0 bridgehead atoms. The molecule has 2 aliphatic rings. The van der Waals surface area contributed by atoms with E-state index in [-0.39, 0.29) is 29.9 Å². The number of ether oxygens (including phenoxy) is 1. The van der Waals surface area contributed by atoms with E-state index in [9.17, 15) is 9.59 Å². The maximum Gasteiger partial charge on any atom is 0.258 e. The van der Waals surface area contributed by atoms with Crippen LogP contribution in [0.15, 0.2) is 48.2 Å². The summed E-state index contributed by atoms with van der Waals surface area (Å²) >= 11 is 3.41. The molecule has 0 fully saturated rings. The second-order valence-electron chi connectivity index (χ2n) is 6.29. The van der Waals surface area contributed by atoms with Crippen molar-refractivity contribution in [2.75, 3.05) is 23.8 Å². The molecule has 0 saturated heterocycles. The fraction of sp³-hybridized carbons (Fsp3) is 0.200. The number of rotatable bonds is 5. The lowest BCUT2D eigenvalue weighted by molar-refractivity contribution is -0.110. The summed E-state index contributed by atoms with van der Waals surface area (Å²) in [6, 6.07) is 12.8. The van der Waals surface area contributed by atoms with Crippen molar-refractivity contribution in [3.63, 3.8) is 0 Å². The number of halogens is 1. The predicted octanol–water partition coefficient (Wildman–Crippen LogP) is 2.93. The van der Waals surface area contributed by atoms with E-state index in [2.05, 4.69) is 26.6 Å². The molecule has 2 aromatic carbocycles. The summed E-state index contributed by atoms with van der Waals surface area (Å²) < 4.78 is 5.40. The maximum absolute atomic E-state index is 12.7. The van der Waals surface area contributed by atoms with Gasteiger partial charge in [0, 0.05) is 28.9 Å². The van der Waals surface area contributed by atoms with Crippen molar-refractivity contribution in [1.29, 1.82) is 0 Å². The highest BCUT2D eigenvalue weighted by Crippen LogP contribution is 2.39. The molecule has 0 spiro atoms. The minimum Gasteiger partial charge on any atom is -0.394 e. The Bertz CT molecular complexity index is 970. The minimum absolute atomic E-state index is 0.0390. The molecule has 2 aliphatic heterocycles. The Kier molecular flexibility index (Phi) is 4.82. The second kappa shape index (κ2) is 7.26. The number of nitrogens with one attached hydrogen (secondary N) is 2. The number of carbonyl (C=O) groups excluding carboxylic acids is 2. The number of para-hydroxylation sites is 1. The summed E-state index contributed by atoms with van der Waals surface area (Å²) in [4.78, 5) is 25.3. The molecule has 0 unspecified atom stereocenters. The van der Waals surface area contributed by atoms with Crippen molar-refractivity contribution in [2.45, 2.75) is 11.4 Å². The highest BCUT2D eigenvalue weighted by atomic mass is 79.9. The zero-order valence-corrected chi connectivity index (χ0v) is 15.9. The Labute approximate surface area is 164 Å². The van der Waals surface area contributed by atoms with Crippen LogP contribution in [0, 0.1) is 0 Å². The van der Waals surface area contributed by atoms with Crippen LogP contribution < -0.4 is 10.6 Å². The number of Topliss-reactive ketones (excluding diaryl/α,β-unsaturated/α-hetero) is 1. The van der Waals surface area contributed by atoms with Crippen molar-refractivity contribution in [3.05, 3.63) is 64.9 Å². The van der Waals surface area contributed by atoms with Gasteiger partial charge in [0.05, 0.1) is 18.8 Å². The molecule has 138 valence electrons. The van der Waals surface area contributed by atoms with Crippen LogP contribution in [0.1, 0.15) is 21.5 Å². The van der Waals surface area contributed by atoms with Crippen molar-refractivity contribution < 1.29 is 19.4 Å². The van der Waals surface area contributed by atoms with Crippen LogP contribution in [0.5, 0.6) is 0 Å². The summed E-state index contributed by atoms with van der Waals surface area (Å²) in [6.45, 7) is 0.213. The number of aliphatic hydroxyl groups is 1. The number of ketones is 1. The summed E-state index contributed by atoms with van der Waals surface area (Å²) in [7, 11) is 0. The molecule has 3 N–H and O–H groups in total. The Balaban J connectivity index is 1.64. The number of aliphatic hydroxyl groups excluding tert-OH is 1. The molecule has 0 aromatic heterocycles. The molecule has 2 heterocycles. The van der Waals surface area contributed by atoms with Crippen LogP contribution in [0.4, 0.5) is 11.4 Å². The van der Waals surface area contributed by atoms with Gasteiger partial charge in [0.25, 0.3) is 5.91 Å². The first-order valence-corrected chi connectivity index (χ1v) is 9.46. The molecular formula is C20H17BrN2O4. The van der Waals surface area contributed by atoms with Crippen LogP contribution in [0.2, 0.25) is 0 Å². The predicted molar refractivity (Wildman–Crippen MR) is 106 cm³/mol. The number of carbonyl (C=O) groups is 2. The van der Waals surface area contributed by atoms with Gasteiger partial charge >= 0.3 is 0 Å². The fourth-order valence-corrected chi connectivity index (χ4v) is 3.87. The SMILES string of the molecule is O=C1Nc2cc(C[C@H](Br)OCCO)ccc2/C1=C1/Nc2ccccc2C1=O. The number of alkyl halides is 1. The van der Waals surface area contributed by atoms with Gasteiger partial charge in [0.2, 0.25) is 5.78 Å². The normalized spacial score (nSPS) is 18.7. The Morgan fingerprint density at radius 2 is 1.85 bits per heavy atom. The van der Waals surface area contributed by atoms with Crippen molar-refractivity contribution in [2.24, 2.45) is 0 Å². The summed E-state index contributed by atoms with van der Waals surface area (Å²) in [5.41, 5.74) is 4.30. The van der Waals surface area contributed by atoms with Crippen LogP contribution >= 0.6 is 15.9 Å². The smallest absolute Gasteiger partial charge is 0.258 e. The van der Waals surface area contributed by atoms with Crippen LogP contribution in [0.3, 0.4) is 0 Å². The zero-order valence-electron chi connectivity index (χ0n) is 14.3. The average molecular weight is 429 g/mol. The minimum atomic E-state index is -0.294. The van der Waals surface area contributed by atoms with Gasteiger partial charge in [0.1, 0.15) is 10.7 Å². The van der Waals surface area contributed by atoms with Gasteiger partial charge in [-0.05, 0) is 23.8 Å². The lowest BCUT2D eigenvalue weighted by Crippen LogP contribution is -2.11. The van der Waals surface area contributed by atoms with E-state index in [0.717, 1.165) is 5.56 Å². The third kappa shape index (κ3) is 3.29. The van der Waals surface area contributed by atoms with E-state index < -0.39 is 0 Å². The number of anilines is 2. The first-order valence-electron chi connectivity index (χ1n) is 8.54. The van der Waals surface area contributed by atoms with Crippen LogP contribution in [0.25, 0.3) is 5.57 Å². The number of hydrogen-bond acceptors (Lipinski definition) is 5. The third-order valence-electron chi connectivity index (χ3n) is 4.52. The van der Waals surface area contributed by atoms with Crippen molar-refractivity contribution in [3.8, 4) is 0 Å². The lowest BCUT2D eigenvalue weighted by atomic mass is 10.00. The molecular weight excluding hydrogens is 412 g/mol. The topological polar surface area (TPSA) is 87.7 Å². The summed E-state index contributed by atoms with van der Waals surface area (Å²) in [5.74, 6) is -0.469. The van der Waals surface area contributed by atoms with Gasteiger partial charge in [-0.1, -0.05) is 40.2 Å². The summed E-state index contributed by atoms with van der Waals surface area (Å²) in [6.07, 6.45) is 0.581. The molecule has 1 atom stereocenters. The van der Waals surface area contributed by atoms with E-state index in [1.807, 2.05) is 30.3 Å². The largest absolute Gasteiger partial charge is 0.394 e. The number of fused-ring (bicyclic) bond motifs is 2. The van der Waals surface area contributed by atoms with Gasteiger partial charge in [-0.3, -0.25) is 9.59 Å². The average Bonchev–Trinajstić information content (AvgIpc) is 3.15. The van der Waals surface area contributed by atoms with Crippen molar-refractivity contribution in [1.82, 2.24) is 0 Å². The van der Waals surface area contributed by atoms with Gasteiger partial charge in [-0.15, -0.1) is 0 Å². The number of allylic oxidation sites excluding steroid dienone is 1. The van der Waals surface area contributed by atoms with Crippen LogP contribution in [-0.4, -0.2) is 35.0 Å². The molecule has 0 aliphatic carbocycles. The zero-order chi connectivity index (χ0) is 19.0. The standard InChI is InChI=1S/C20H17BrN2O4/c21-16(27-8-7-24)10-11-5-6-12-15(9-11)23-20(26)17(12)18-19(25)13-3-1-2-4-14(13)22-18/h1-6,9,16,22,24H,7-8,10H2,(H,23,26)/b18-17-/t16-/m1/s1. The Hall–Kier alpha value is -2.48. The van der Waals surface area contributed by atoms with E-state index >= 15 is 0 Å². The number of hydrogen-bond donors (Lipinski definition) is 3. The van der Waals surface area contributed by atoms with E-state index in [0.29, 0.717) is 40.2 Å². The lowest BCUT2D eigenvalue weighted by Gasteiger charge is -2.11. The second-order valence-corrected chi connectivity index (χ2v) is 7.31. The Morgan fingerprint density at radius 3 is 2.63 bits per heavy atom. The van der Waals surface area contributed by atoms with E-state index in [1.54, 1.807) is 12.1 Å². The monoisotopic (exact) mass is 428 g/mol. The summed E-state index contributed by atoms with van der Waals surface area (Å²) in [5, 5.41) is 14.5. The highest BCUT2D eigenvalue weighted by Gasteiger charge is 2.34. The first kappa shape index (κ1) is 17.9. The Morgan fingerprint density at radius 1 is 1.04 bits per heavy atom. The number of amides is 1. The van der Waals surface area contributed by atoms with E-state index in [1.165, 1.54) is 0 Å². The quantitative estimate of drug-likeness (QED) is 0.503. The maximum atomic E-state index is 12.7. The van der Waals surface area contributed by atoms with Gasteiger partial charge in [-0.2, -0.15) is 0 Å². The molecule has 2 aromatic rings. The molecule has 27 heavy (non-hydrogen) atoms. The molecule has 0 radical (unpaired) electrons. The van der Waals surface area contributed by atoms with Gasteiger partial charge in [-0.25, -0.2) is 0 Å². The first-order chi connectivity index (χ1) is 13.1. The number of benzene rings is 2.